The van der Waals surface area contributed by atoms with Gasteiger partial charge in [-0.2, -0.15) is 8.42 Å². The van der Waals surface area contributed by atoms with Crippen molar-refractivity contribution in [2.24, 2.45) is 0 Å². The topological polar surface area (TPSA) is 118 Å². The Kier molecular flexibility index (Phi) is 8.66. The van der Waals surface area contributed by atoms with Gasteiger partial charge in [-0.1, -0.05) is 6.92 Å². The molecule has 0 heterocycles. The van der Waals surface area contributed by atoms with E-state index in [0.717, 1.165) is 0 Å². The maximum absolute atomic E-state index is 11.3. The minimum Gasteiger partial charge on any atom is -0.396 e. The zero-order valence-corrected chi connectivity index (χ0v) is 11.4. The Balaban J connectivity index is 5.06. The number of nitrogens with zero attached hydrogens (tertiary/aromatic N) is 1. The molecule has 110 valence electrons. The summed E-state index contributed by atoms with van der Waals surface area (Å²) in [4.78, 5) is 1.61. The number of aliphatic hydroxyl groups is 3. The van der Waals surface area contributed by atoms with Crippen LogP contribution in [-0.2, 0) is 10.1 Å². The lowest BCUT2D eigenvalue weighted by Gasteiger charge is -2.34. The maximum Gasteiger partial charge on any atom is 0.269 e. The molecule has 18 heavy (non-hydrogen) atoms. The molecule has 0 fully saturated rings. The van der Waals surface area contributed by atoms with Crippen LogP contribution in [0.2, 0.25) is 0 Å². The van der Waals surface area contributed by atoms with Gasteiger partial charge in [0.1, 0.15) is 5.25 Å². The van der Waals surface area contributed by atoms with Crippen molar-refractivity contribution in [3.63, 3.8) is 0 Å². The van der Waals surface area contributed by atoms with E-state index in [9.17, 15) is 13.0 Å². The Labute approximate surface area is 108 Å². The Morgan fingerprint density at radius 2 is 1.56 bits per heavy atom. The average Bonchev–Trinajstić information content (AvgIpc) is 2.28. The summed E-state index contributed by atoms with van der Waals surface area (Å²) in [5.41, 5.74) is 0. The van der Waals surface area contributed by atoms with Gasteiger partial charge in [0, 0.05) is 25.7 Å². The highest BCUT2D eigenvalue weighted by atomic mass is 32.2. The maximum atomic E-state index is 11.3. The molecule has 0 aliphatic rings. The van der Waals surface area contributed by atoms with Gasteiger partial charge in [0.25, 0.3) is 10.1 Å². The van der Waals surface area contributed by atoms with E-state index in [2.05, 4.69) is 0 Å². The van der Waals surface area contributed by atoms with Crippen molar-refractivity contribution in [2.45, 2.75) is 31.1 Å². The molecule has 0 radical (unpaired) electrons. The predicted molar refractivity (Wildman–Crippen MR) is 66.9 cm³/mol. The monoisotopic (exact) mass is 285 g/mol. The van der Waals surface area contributed by atoms with E-state index in [-0.39, 0.29) is 39.3 Å². The number of hydrogen-bond donors (Lipinski definition) is 4. The second kappa shape index (κ2) is 8.78. The van der Waals surface area contributed by atoms with Crippen molar-refractivity contribution >= 4 is 10.1 Å². The third kappa shape index (κ3) is 5.59. The molecule has 0 saturated heterocycles. The SMILES string of the molecule is CCC(C(CCO)S(=O)(=O)O)N(CCO)CCO. The number of rotatable bonds is 10. The van der Waals surface area contributed by atoms with E-state index in [0.29, 0.717) is 6.42 Å². The molecule has 2 atom stereocenters. The molecule has 0 saturated carbocycles. The molecule has 0 aromatic carbocycles. The molecule has 0 amide bonds. The fourth-order valence-electron chi connectivity index (χ4n) is 2.12. The van der Waals surface area contributed by atoms with Crippen molar-refractivity contribution < 1.29 is 28.3 Å². The van der Waals surface area contributed by atoms with Crippen molar-refractivity contribution in [1.29, 1.82) is 0 Å². The molecule has 0 rings (SSSR count). The summed E-state index contributed by atoms with van der Waals surface area (Å²) in [5.74, 6) is 0. The van der Waals surface area contributed by atoms with Crippen LogP contribution >= 0.6 is 0 Å². The fourth-order valence-corrected chi connectivity index (χ4v) is 3.29. The third-order valence-corrected chi connectivity index (χ3v) is 4.20. The van der Waals surface area contributed by atoms with E-state index < -0.39 is 21.4 Å². The summed E-state index contributed by atoms with van der Waals surface area (Å²) < 4.78 is 31.9. The Hall–Kier alpha value is -0.250. The average molecular weight is 285 g/mol. The van der Waals surface area contributed by atoms with Crippen LogP contribution in [0.3, 0.4) is 0 Å². The predicted octanol–water partition coefficient (Wildman–Crippen LogP) is -1.31. The van der Waals surface area contributed by atoms with E-state index in [1.165, 1.54) is 0 Å². The lowest BCUT2D eigenvalue weighted by molar-refractivity contribution is 0.109. The molecule has 2 unspecified atom stereocenters. The second-order valence-corrected chi connectivity index (χ2v) is 5.66. The lowest BCUT2D eigenvalue weighted by Crippen LogP contribution is -2.49. The van der Waals surface area contributed by atoms with Crippen LogP contribution in [0.1, 0.15) is 19.8 Å². The summed E-state index contributed by atoms with van der Waals surface area (Å²) in [5, 5.41) is 25.6. The van der Waals surface area contributed by atoms with Gasteiger partial charge in [-0.3, -0.25) is 9.45 Å². The van der Waals surface area contributed by atoms with Gasteiger partial charge in [0.15, 0.2) is 0 Å². The van der Waals surface area contributed by atoms with Crippen LogP contribution in [0.4, 0.5) is 0 Å². The molecular weight excluding hydrogens is 262 g/mol. The summed E-state index contributed by atoms with van der Waals surface area (Å²) in [6.07, 6.45) is 0.342. The first kappa shape index (κ1) is 17.8. The Bertz CT molecular complexity index is 301. The van der Waals surface area contributed by atoms with Crippen LogP contribution in [0, 0.1) is 0 Å². The lowest BCUT2D eigenvalue weighted by atomic mass is 10.1. The van der Waals surface area contributed by atoms with Crippen molar-refractivity contribution in [2.75, 3.05) is 32.9 Å². The fraction of sp³-hybridized carbons (Fsp3) is 1.00. The van der Waals surface area contributed by atoms with Crippen LogP contribution in [0.15, 0.2) is 0 Å². The molecule has 0 aliphatic heterocycles. The minimum absolute atomic E-state index is 0.0787. The van der Waals surface area contributed by atoms with E-state index in [1.807, 2.05) is 0 Å². The molecule has 0 aromatic heterocycles. The quantitative estimate of drug-likeness (QED) is 0.368. The first-order valence-electron chi connectivity index (χ1n) is 5.95. The zero-order valence-electron chi connectivity index (χ0n) is 10.6. The summed E-state index contributed by atoms with van der Waals surface area (Å²) >= 11 is 0. The molecular formula is C10H23NO6S. The molecule has 0 spiro atoms. The highest BCUT2D eigenvalue weighted by Crippen LogP contribution is 2.18. The third-order valence-electron chi connectivity index (χ3n) is 2.89. The van der Waals surface area contributed by atoms with Gasteiger partial charge in [-0.25, -0.2) is 0 Å². The van der Waals surface area contributed by atoms with Crippen molar-refractivity contribution in [1.82, 2.24) is 4.90 Å². The minimum atomic E-state index is -4.28. The van der Waals surface area contributed by atoms with Gasteiger partial charge >= 0.3 is 0 Å². The summed E-state index contributed by atoms with van der Waals surface area (Å²) in [6.45, 7) is 1.46. The largest absolute Gasteiger partial charge is 0.396 e. The molecule has 0 aromatic rings. The van der Waals surface area contributed by atoms with Crippen LogP contribution in [0.5, 0.6) is 0 Å². The smallest absolute Gasteiger partial charge is 0.269 e. The highest BCUT2D eigenvalue weighted by molar-refractivity contribution is 7.86. The molecule has 0 bridgehead atoms. The Morgan fingerprint density at radius 3 is 1.83 bits per heavy atom. The van der Waals surface area contributed by atoms with Crippen molar-refractivity contribution in [3.8, 4) is 0 Å². The number of hydrogen-bond acceptors (Lipinski definition) is 6. The van der Waals surface area contributed by atoms with Gasteiger partial charge < -0.3 is 15.3 Å². The van der Waals surface area contributed by atoms with E-state index in [1.54, 1.807) is 11.8 Å². The van der Waals surface area contributed by atoms with Gasteiger partial charge in [-0.05, 0) is 12.8 Å². The first-order chi connectivity index (χ1) is 8.42. The van der Waals surface area contributed by atoms with Crippen LogP contribution < -0.4 is 0 Å². The van der Waals surface area contributed by atoms with Gasteiger partial charge in [-0.15, -0.1) is 0 Å². The normalized spacial score (nSPS) is 15.9. The van der Waals surface area contributed by atoms with E-state index >= 15 is 0 Å². The molecule has 0 aliphatic carbocycles. The summed E-state index contributed by atoms with van der Waals surface area (Å²) in [6, 6.07) is -0.550. The first-order valence-corrected chi connectivity index (χ1v) is 7.45. The Morgan fingerprint density at radius 1 is 1.06 bits per heavy atom. The second-order valence-electron chi connectivity index (χ2n) is 4.02. The number of aliphatic hydroxyl groups excluding tert-OH is 3. The standard InChI is InChI=1S/C10H23NO6S/c1-2-9(11(4-7-13)5-8-14)10(3-6-12)18(15,16)17/h9-10,12-14H,2-8H2,1H3,(H,15,16,17). The van der Waals surface area contributed by atoms with Gasteiger partial charge in [0.05, 0.1) is 13.2 Å². The van der Waals surface area contributed by atoms with Gasteiger partial charge in [0.2, 0.25) is 0 Å². The summed E-state index contributed by atoms with van der Waals surface area (Å²) in [7, 11) is -4.28. The molecule has 7 nitrogen and oxygen atoms in total. The van der Waals surface area contributed by atoms with Crippen LogP contribution in [-0.4, -0.2) is 77.4 Å². The van der Waals surface area contributed by atoms with Crippen molar-refractivity contribution in [3.05, 3.63) is 0 Å². The molecule has 8 heteroatoms. The van der Waals surface area contributed by atoms with E-state index in [4.69, 9.17) is 15.3 Å². The molecule has 4 N–H and O–H groups in total. The zero-order chi connectivity index (χ0) is 14.2. The highest BCUT2D eigenvalue weighted by Gasteiger charge is 2.34. The van der Waals surface area contributed by atoms with Crippen LogP contribution in [0.25, 0.3) is 0 Å².